The first-order valence-corrected chi connectivity index (χ1v) is 7.09. The Bertz CT molecular complexity index is 644. The van der Waals surface area contributed by atoms with Gasteiger partial charge in [-0.3, -0.25) is 0 Å². The molecule has 2 amide bonds. The van der Waals surface area contributed by atoms with Crippen LogP contribution in [-0.4, -0.2) is 6.03 Å². The third kappa shape index (κ3) is 4.28. The molecule has 0 aliphatic heterocycles. The molecule has 1 unspecified atom stereocenters. The van der Waals surface area contributed by atoms with Gasteiger partial charge in [0, 0.05) is 21.4 Å². The topological polar surface area (TPSA) is 67.2 Å². The molecule has 6 heteroatoms. The fourth-order valence-corrected chi connectivity index (χ4v) is 2.43. The average Bonchev–Trinajstić information content (AvgIpc) is 2.43. The van der Waals surface area contributed by atoms with Crippen molar-refractivity contribution in [2.45, 2.75) is 13.0 Å². The highest BCUT2D eigenvalue weighted by atomic mass is 35.5. The third-order valence-corrected chi connectivity index (χ3v) is 3.54. The van der Waals surface area contributed by atoms with Gasteiger partial charge in [0.2, 0.25) is 0 Å². The summed E-state index contributed by atoms with van der Waals surface area (Å²) in [5.41, 5.74) is 7.51. The number of anilines is 2. The van der Waals surface area contributed by atoms with Gasteiger partial charge in [0.1, 0.15) is 0 Å². The monoisotopic (exact) mass is 323 g/mol. The van der Waals surface area contributed by atoms with Crippen molar-refractivity contribution in [3.63, 3.8) is 0 Å². The van der Waals surface area contributed by atoms with E-state index in [1.165, 1.54) is 0 Å². The molecular weight excluding hydrogens is 309 g/mol. The number of carbonyl (C=O) groups excluding carboxylic acids is 1. The normalized spacial score (nSPS) is 11.8. The van der Waals surface area contributed by atoms with Crippen LogP contribution in [0.2, 0.25) is 10.0 Å². The van der Waals surface area contributed by atoms with Gasteiger partial charge in [-0.1, -0.05) is 23.2 Å². The van der Waals surface area contributed by atoms with Crippen molar-refractivity contribution in [2.24, 2.45) is 5.73 Å². The predicted molar refractivity (Wildman–Crippen MR) is 88.1 cm³/mol. The van der Waals surface area contributed by atoms with Crippen LogP contribution in [0.4, 0.5) is 16.2 Å². The maximum absolute atomic E-state index is 10.8. The quantitative estimate of drug-likeness (QED) is 0.766. The Labute approximate surface area is 133 Å². The smallest absolute Gasteiger partial charge is 0.316 e. The lowest BCUT2D eigenvalue weighted by Crippen LogP contribution is -2.19. The molecule has 0 saturated heterocycles. The Kier molecular flexibility index (Phi) is 4.94. The third-order valence-electron chi connectivity index (χ3n) is 2.96. The molecule has 0 spiro atoms. The lowest BCUT2D eigenvalue weighted by Gasteiger charge is -2.17. The summed E-state index contributed by atoms with van der Waals surface area (Å²) in [4.78, 5) is 10.8. The minimum atomic E-state index is -0.588. The number of urea groups is 1. The molecule has 0 bridgehead atoms. The highest BCUT2D eigenvalue weighted by Gasteiger charge is 2.10. The maximum Gasteiger partial charge on any atom is 0.316 e. The van der Waals surface area contributed by atoms with Gasteiger partial charge in [-0.05, 0) is 55.0 Å². The zero-order valence-corrected chi connectivity index (χ0v) is 12.9. The Morgan fingerprint density at radius 2 is 1.71 bits per heavy atom. The first kappa shape index (κ1) is 15.5. The molecule has 2 aromatic rings. The standard InChI is InChI=1S/C15H15Cl2N3O/c1-9(13-8-10(16)2-7-14(13)17)19-11-3-5-12(6-4-11)20-15(18)21/h2-9,19H,1H3,(H3,18,20,21). The van der Waals surface area contributed by atoms with Gasteiger partial charge in [0.25, 0.3) is 0 Å². The van der Waals surface area contributed by atoms with Gasteiger partial charge < -0.3 is 16.4 Å². The van der Waals surface area contributed by atoms with Gasteiger partial charge in [0.05, 0.1) is 6.04 Å². The fourth-order valence-electron chi connectivity index (χ4n) is 1.97. The van der Waals surface area contributed by atoms with Crippen molar-refractivity contribution in [1.82, 2.24) is 0 Å². The number of rotatable bonds is 4. The lowest BCUT2D eigenvalue weighted by molar-refractivity contribution is 0.259. The maximum atomic E-state index is 10.8. The number of hydrogen-bond donors (Lipinski definition) is 3. The zero-order valence-electron chi connectivity index (χ0n) is 11.4. The Morgan fingerprint density at radius 3 is 2.33 bits per heavy atom. The minimum Gasteiger partial charge on any atom is -0.378 e. The first-order valence-electron chi connectivity index (χ1n) is 6.33. The van der Waals surface area contributed by atoms with Crippen LogP contribution >= 0.6 is 23.2 Å². The van der Waals surface area contributed by atoms with E-state index < -0.39 is 6.03 Å². The van der Waals surface area contributed by atoms with Crippen LogP contribution in [0, 0.1) is 0 Å². The van der Waals surface area contributed by atoms with Crippen molar-refractivity contribution < 1.29 is 4.79 Å². The van der Waals surface area contributed by atoms with E-state index in [1.807, 2.05) is 25.1 Å². The number of nitrogens with two attached hydrogens (primary N) is 1. The zero-order chi connectivity index (χ0) is 15.4. The Hall–Kier alpha value is -1.91. The number of nitrogens with one attached hydrogen (secondary N) is 2. The van der Waals surface area contributed by atoms with Crippen LogP contribution in [-0.2, 0) is 0 Å². The predicted octanol–water partition coefficient (Wildman–Crippen LogP) is 4.66. The molecule has 0 heterocycles. The van der Waals surface area contributed by atoms with Gasteiger partial charge in [0.15, 0.2) is 0 Å². The number of primary amides is 1. The van der Waals surface area contributed by atoms with Gasteiger partial charge >= 0.3 is 6.03 Å². The van der Waals surface area contributed by atoms with Crippen molar-refractivity contribution >= 4 is 40.6 Å². The molecule has 0 saturated carbocycles. The Balaban J connectivity index is 2.10. The highest BCUT2D eigenvalue weighted by Crippen LogP contribution is 2.28. The van der Waals surface area contributed by atoms with E-state index in [0.717, 1.165) is 11.3 Å². The lowest BCUT2D eigenvalue weighted by atomic mass is 10.1. The average molecular weight is 324 g/mol. The van der Waals surface area contributed by atoms with Gasteiger partial charge in [-0.25, -0.2) is 4.79 Å². The van der Waals surface area contributed by atoms with Crippen LogP contribution in [0.15, 0.2) is 42.5 Å². The molecule has 4 nitrogen and oxygen atoms in total. The van der Waals surface area contributed by atoms with E-state index in [4.69, 9.17) is 28.9 Å². The molecule has 0 aliphatic rings. The highest BCUT2D eigenvalue weighted by molar-refractivity contribution is 6.33. The first-order chi connectivity index (χ1) is 9.95. The minimum absolute atomic E-state index is 0.00819. The van der Waals surface area contributed by atoms with E-state index in [9.17, 15) is 4.79 Å². The summed E-state index contributed by atoms with van der Waals surface area (Å²) in [5, 5.41) is 7.13. The van der Waals surface area contributed by atoms with Crippen molar-refractivity contribution in [1.29, 1.82) is 0 Å². The molecule has 0 aromatic heterocycles. The van der Waals surface area contributed by atoms with E-state index in [-0.39, 0.29) is 6.04 Å². The number of amides is 2. The number of carbonyl (C=O) groups is 1. The molecular formula is C15H15Cl2N3O. The Morgan fingerprint density at radius 1 is 1.10 bits per heavy atom. The SMILES string of the molecule is CC(Nc1ccc(NC(N)=O)cc1)c1cc(Cl)ccc1Cl. The molecule has 0 radical (unpaired) electrons. The van der Waals surface area contributed by atoms with Crippen LogP contribution < -0.4 is 16.4 Å². The van der Waals surface area contributed by atoms with E-state index >= 15 is 0 Å². The summed E-state index contributed by atoms with van der Waals surface area (Å²) in [6.45, 7) is 1.99. The van der Waals surface area contributed by atoms with E-state index in [1.54, 1.807) is 24.3 Å². The summed E-state index contributed by atoms with van der Waals surface area (Å²) < 4.78 is 0. The van der Waals surface area contributed by atoms with Crippen LogP contribution in [0.25, 0.3) is 0 Å². The second-order valence-electron chi connectivity index (χ2n) is 4.60. The summed E-state index contributed by atoms with van der Waals surface area (Å²) in [6, 6.07) is 12.0. The van der Waals surface area contributed by atoms with Crippen molar-refractivity contribution in [2.75, 3.05) is 10.6 Å². The molecule has 110 valence electrons. The van der Waals surface area contributed by atoms with E-state index in [2.05, 4.69) is 10.6 Å². The van der Waals surface area contributed by atoms with Gasteiger partial charge in [-0.2, -0.15) is 0 Å². The molecule has 0 aliphatic carbocycles. The van der Waals surface area contributed by atoms with Gasteiger partial charge in [-0.15, -0.1) is 0 Å². The summed E-state index contributed by atoms with van der Waals surface area (Å²) >= 11 is 12.2. The molecule has 4 N–H and O–H groups in total. The summed E-state index contributed by atoms with van der Waals surface area (Å²) in [7, 11) is 0. The second-order valence-corrected chi connectivity index (χ2v) is 5.44. The van der Waals surface area contributed by atoms with Crippen LogP contribution in [0.1, 0.15) is 18.5 Å². The number of halogens is 2. The number of hydrogen-bond acceptors (Lipinski definition) is 2. The molecule has 0 fully saturated rings. The summed E-state index contributed by atoms with van der Waals surface area (Å²) in [6.07, 6.45) is 0. The van der Waals surface area contributed by atoms with Crippen molar-refractivity contribution in [3.05, 3.63) is 58.1 Å². The van der Waals surface area contributed by atoms with E-state index in [0.29, 0.717) is 15.7 Å². The molecule has 21 heavy (non-hydrogen) atoms. The largest absolute Gasteiger partial charge is 0.378 e. The van der Waals surface area contributed by atoms with Crippen LogP contribution in [0.5, 0.6) is 0 Å². The summed E-state index contributed by atoms with van der Waals surface area (Å²) in [5.74, 6) is 0. The fraction of sp³-hybridized carbons (Fsp3) is 0.133. The molecule has 2 rings (SSSR count). The number of benzene rings is 2. The van der Waals surface area contributed by atoms with Crippen molar-refractivity contribution in [3.8, 4) is 0 Å². The second kappa shape index (κ2) is 6.70. The van der Waals surface area contributed by atoms with Crippen LogP contribution in [0.3, 0.4) is 0 Å². The molecule has 2 aromatic carbocycles. The molecule has 1 atom stereocenters.